The summed E-state index contributed by atoms with van der Waals surface area (Å²) in [6.45, 7) is 4.18. The Kier molecular flexibility index (Phi) is 5.32. The van der Waals surface area contributed by atoms with E-state index in [1.165, 1.54) is 49.7 Å². The summed E-state index contributed by atoms with van der Waals surface area (Å²) in [5, 5.41) is 3.77. The average Bonchev–Trinajstić information content (AvgIpc) is 2.82. The van der Waals surface area contributed by atoms with Crippen molar-refractivity contribution in [3.63, 3.8) is 0 Å². The van der Waals surface area contributed by atoms with E-state index < -0.39 is 0 Å². The highest BCUT2D eigenvalue weighted by atomic mass is 16.5. The Morgan fingerprint density at radius 2 is 1.90 bits per heavy atom. The van der Waals surface area contributed by atoms with Crippen LogP contribution in [0.25, 0.3) is 0 Å². The highest BCUT2D eigenvalue weighted by Gasteiger charge is 2.23. The van der Waals surface area contributed by atoms with Crippen LogP contribution in [0.3, 0.4) is 0 Å². The number of rotatable bonds is 4. The summed E-state index contributed by atoms with van der Waals surface area (Å²) in [5.74, 6) is 0.853. The molecule has 1 fully saturated rings. The molecule has 0 amide bonds. The van der Waals surface area contributed by atoms with Crippen LogP contribution in [-0.2, 0) is 11.2 Å². The highest BCUT2D eigenvalue weighted by Crippen LogP contribution is 2.28. The first-order valence-corrected chi connectivity index (χ1v) is 8.77. The number of hydrogen-bond donors (Lipinski definition) is 1. The van der Waals surface area contributed by atoms with Gasteiger partial charge in [0.25, 0.3) is 0 Å². The van der Waals surface area contributed by atoms with Crippen LogP contribution in [0.2, 0.25) is 0 Å². The summed E-state index contributed by atoms with van der Waals surface area (Å²) in [6.07, 6.45) is 9.80. The normalized spacial score (nSPS) is 25.1. The molecule has 0 saturated heterocycles. The molecule has 21 heavy (non-hydrogen) atoms. The second kappa shape index (κ2) is 7.42. The average molecular weight is 287 g/mol. The second-order valence-corrected chi connectivity index (χ2v) is 6.76. The molecule has 1 saturated carbocycles. The van der Waals surface area contributed by atoms with Crippen LogP contribution < -0.4 is 5.32 Å². The first-order valence-electron chi connectivity index (χ1n) is 8.77. The smallest absolute Gasteiger partial charge is 0.0952 e. The van der Waals surface area contributed by atoms with Gasteiger partial charge in [0, 0.05) is 12.6 Å². The molecule has 1 heterocycles. The minimum Gasteiger partial charge on any atom is -0.372 e. The Morgan fingerprint density at radius 1 is 1.14 bits per heavy atom. The molecule has 2 nitrogen and oxygen atoms in total. The van der Waals surface area contributed by atoms with Gasteiger partial charge in [0.2, 0.25) is 0 Å². The minimum atomic E-state index is 0.239. The molecule has 116 valence electrons. The highest BCUT2D eigenvalue weighted by molar-refractivity contribution is 5.31. The number of hydrogen-bond acceptors (Lipinski definition) is 2. The van der Waals surface area contributed by atoms with Gasteiger partial charge in [0.15, 0.2) is 0 Å². The fraction of sp³-hybridized carbons (Fsp3) is 0.684. The van der Waals surface area contributed by atoms with Gasteiger partial charge in [-0.3, -0.25) is 0 Å². The lowest BCUT2D eigenvalue weighted by atomic mass is 9.92. The Morgan fingerprint density at radius 3 is 2.71 bits per heavy atom. The van der Waals surface area contributed by atoms with E-state index in [0.29, 0.717) is 6.04 Å². The van der Waals surface area contributed by atoms with Gasteiger partial charge in [-0.05, 0) is 43.2 Å². The van der Waals surface area contributed by atoms with Crippen LogP contribution in [0.4, 0.5) is 0 Å². The molecule has 0 spiro atoms. The van der Waals surface area contributed by atoms with Crippen molar-refractivity contribution in [3.8, 4) is 0 Å². The molecule has 1 N–H and O–H groups in total. The first-order chi connectivity index (χ1) is 10.3. The summed E-state index contributed by atoms with van der Waals surface area (Å²) in [4.78, 5) is 0. The maximum Gasteiger partial charge on any atom is 0.0952 e. The third-order valence-electron chi connectivity index (χ3n) is 5.32. The van der Waals surface area contributed by atoms with Gasteiger partial charge in [0.05, 0.1) is 12.7 Å². The van der Waals surface area contributed by atoms with E-state index in [1.54, 1.807) is 0 Å². The van der Waals surface area contributed by atoms with Gasteiger partial charge in [-0.25, -0.2) is 0 Å². The predicted octanol–water partition coefficient (Wildman–Crippen LogP) is 4.25. The minimum absolute atomic E-state index is 0.239. The molecular formula is C19H29NO. The van der Waals surface area contributed by atoms with Gasteiger partial charge in [-0.2, -0.15) is 0 Å². The zero-order valence-electron chi connectivity index (χ0n) is 13.3. The summed E-state index contributed by atoms with van der Waals surface area (Å²) >= 11 is 0. The van der Waals surface area contributed by atoms with Gasteiger partial charge in [-0.1, -0.05) is 49.9 Å². The standard InChI is InChI=1S/C19H29NO/c1-15(16-8-4-2-3-5-9-16)20-14-19-18-11-7-6-10-17(18)12-13-21-19/h6-7,10-11,15-16,19-20H,2-5,8-9,12-14H2,1H3/t15-,19?/m1/s1. The van der Waals surface area contributed by atoms with Crippen molar-refractivity contribution in [3.05, 3.63) is 35.4 Å². The second-order valence-electron chi connectivity index (χ2n) is 6.76. The van der Waals surface area contributed by atoms with E-state index in [0.717, 1.165) is 25.5 Å². The van der Waals surface area contributed by atoms with E-state index in [1.807, 2.05) is 0 Å². The molecule has 1 aliphatic heterocycles. The fourth-order valence-electron chi connectivity index (χ4n) is 3.92. The number of nitrogens with one attached hydrogen (secondary N) is 1. The van der Waals surface area contributed by atoms with E-state index >= 15 is 0 Å². The van der Waals surface area contributed by atoms with E-state index in [2.05, 4.69) is 36.5 Å². The SMILES string of the molecule is C[C@@H](NCC1OCCc2ccccc21)C1CCCCCC1. The Hall–Kier alpha value is -0.860. The van der Waals surface area contributed by atoms with Crippen LogP contribution in [0.15, 0.2) is 24.3 Å². The van der Waals surface area contributed by atoms with Crippen molar-refractivity contribution in [1.29, 1.82) is 0 Å². The molecule has 0 bridgehead atoms. The summed E-state index contributed by atoms with van der Waals surface area (Å²) in [7, 11) is 0. The van der Waals surface area contributed by atoms with Gasteiger partial charge >= 0.3 is 0 Å². The Balaban J connectivity index is 1.55. The molecule has 0 radical (unpaired) electrons. The van der Waals surface area contributed by atoms with Crippen LogP contribution in [0, 0.1) is 5.92 Å². The molecule has 2 heteroatoms. The van der Waals surface area contributed by atoms with Gasteiger partial charge < -0.3 is 10.1 Å². The molecule has 0 aromatic heterocycles. The van der Waals surface area contributed by atoms with E-state index in [4.69, 9.17) is 4.74 Å². The summed E-state index contributed by atoms with van der Waals surface area (Å²) in [6, 6.07) is 9.37. The van der Waals surface area contributed by atoms with E-state index in [9.17, 15) is 0 Å². The molecule has 1 aromatic rings. The first kappa shape index (κ1) is 15.1. The molecule has 1 aliphatic carbocycles. The van der Waals surface area contributed by atoms with Crippen molar-refractivity contribution in [2.24, 2.45) is 5.92 Å². The quantitative estimate of drug-likeness (QED) is 0.836. The van der Waals surface area contributed by atoms with Gasteiger partial charge in [0.1, 0.15) is 0 Å². The van der Waals surface area contributed by atoms with Gasteiger partial charge in [-0.15, -0.1) is 0 Å². The molecule has 2 atom stereocenters. The van der Waals surface area contributed by atoms with Crippen LogP contribution >= 0.6 is 0 Å². The topological polar surface area (TPSA) is 21.3 Å². The zero-order valence-corrected chi connectivity index (χ0v) is 13.3. The van der Waals surface area contributed by atoms with Crippen molar-refractivity contribution in [2.75, 3.05) is 13.2 Å². The van der Waals surface area contributed by atoms with Crippen molar-refractivity contribution in [2.45, 2.75) is 64.0 Å². The number of ether oxygens (including phenoxy) is 1. The monoisotopic (exact) mass is 287 g/mol. The number of benzene rings is 1. The Bertz CT molecular complexity index is 437. The summed E-state index contributed by atoms with van der Waals surface area (Å²) < 4.78 is 6.00. The third kappa shape index (κ3) is 3.87. The maximum absolute atomic E-state index is 6.00. The molecule has 1 unspecified atom stereocenters. The molecule has 1 aromatic carbocycles. The van der Waals surface area contributed by atoms with Crippen LogP contribution in [-0.4, -0.2) is 19.2 Å². The lowest BCUT2D eigenvalue weighted by Gasteiger charge is -2.30. The lowest BCUT2D eigenvalue weighted by molar-refractivity contribution is 0.0394. The largest absolute Gasteiger partial charge is 0.372 e. The van der Waals surface area contributed by atoms with Crippen LogP contribution in [0.5, 0.6) is 0 Å². The number of fused-ring (bicyclic) bond motifs is 1. The third-order valence-corrected chi connectivity index (χ3v) is 5.32. The van der Waals surface area contributed by atoms with Crippen molar-refractivity contribution in [1.82, 2.24) is 5.32 Å². The maximum atomic E-state index is 6.00. The lowest BCUT2D eigenvalue weighted by Crippen LogP contribution is -2.37. The van der Waals surface area contributed by atoms with E-state index in [-0.39, 0.29) is 6.10 Å². The zero-order chi connectivity index (χ0) is 14.5. The fourth-order valence-corrected chi connectivity index (χ4v) is 3.92. The van der Waals surface area contributed by atoms with Crippen LogP contribution in [0.1, 0.15) is 62.7 Å². The summed E-state index contributed by atoms with van der Waals surface area (Å²) in [5.41, 5.74) is 2.86. The molecule has 3 rings (SSSR count). The van der Waals surface area contributed by atoms with Crippen molar-refractivity contribution >= 4 is 0 Å². The predicted molar refractivity (Wildman–Crippen MR) is 87.5 cm³/mol. The molecular weight excluding hydrogens is 258 g/mol. The Labute approximate surface area is 129 Å². The van der Waals surface area contributed by atoms with Crippen molar-refractivity contribution < 1.29 is 4.74 Å². The molecule has 2 aliphatic rings.